The zero-order valence-electron chi connectivity index (χ0n) is 5.64. The fraction of sp³-hybridized carbons (Fsp3) is 0.857. The highest BCUT2D eigenvalue weighted by atomic mass is 16.5. The molecule has 1 aliphatic carbocycles. The Morgan fingerprint density at radius 2 is 2.11 bits per heavy atom. The molecule has 0 spiro atoms. The van der Waals surface area contributed by atoms with Crippen molar-refractivity contribution in [2.45, 2.75) is 18.9 Å². The van der Waals surface area contributed by atoms with Crippen LogP contribution >= 0.6 is 0 Å². The van der Waals surface area contributed by atoms with Gasteiger partial charge < -0.3 is 9.47 Å². The monoisotopic (exact) mass is 129 g/mol. The lowest BCUT2D eigenvalue weighted by Gasteiger charge is -2.00. The van der Waals surface area contributed by atoms with Gasteiger partial charge in [0.1, 0.15) is 0 Å². The predicted molar refractivity (Wildman–Crippen MR) is 35.1 cm³/mol. The Kier molecular flexibility index (Phi) is 3.01. The predicted octanol–water partition coefficient (Wildman–Crippen LogP) is 1.02. The molecule has 0 aliphatic heterocycles. The summed E-state index contributed by atoms with van der Waals surface area (Å²) in [5.74, 6) is 0. The van der Waals surface area contributed by atoms with Gasteiger partial charge in [0.25, 0.3) is 0 Å². The summed E-state index contributed by atoms with van der Waals surface area (Å²) in [4.78, 5) is 0. The van der Waals surface area contributed by atoms with Gasteiger partial charge in [0, 0.05) is 6.61 Å². The van der Waals surface area contributed by atoms with Crippen LogP contribution in [0.1, 0.15) is 12.8 Å². The first kappa shape index (κ1) is 7.03. The average Bonchev–Trinajstić information content (AvgIpc) is 2.63. The van der Waals surface area contributed by atoms with Gasteiger partial charge in [-0.1, -0.05) is 0 Å². The molecule has 1 rings (SSSR count). The SMILES string of the molecule is [CH2]COCCOC1CC1. The van der Waals surface area contributed by atoms with Crippen LogP contribution in [-0.2, 0) is 9.47 Å². The third kappa shape index (κ3) is 3.49. The Labute approximate surface area is 56.2 Å². The van der Waals surface area contributed by atoms with Crippen molar-refractivity contribution in [2.75, 3.05) is 19.8 Å². The highest BCUT2D eigenvalue weighted by molar-refractivity contribution is 4.72. The van der Waals surface area contributed by atoms with E-state index >= 15 is 0 Å². The highest BCUT2D eigenvalue weighted by Gasteiger charge is 2.21. The van der Waals surface area contributed by atoms with Crippen LogP contribution in [0.3, 0.4) is 0 Å². The van der Waals surface area contributed by atoms with Gasteiger partial charge in [-0.15, -0.1) is 0 Å². The molecule has 1 saturated carbocycles. The van der Waals surface area contributed by atoms with Gasteiger partial charge in [-0.05, 0) is 19.8 Å². The minimum Gasteiger partial charge on any atom is -0.379 e. The Morgan fingerprint density at radius 3 is 2.67 bits per heavy atom. The molecule has 1 fully saturated rings. The first-order chi connectivity index (χ1) is 4.43. The summed E-state index contributed by atoms with van der Waals surface area (Å²) in [6.07, 6.45) is 3.03. The molecule has 9 heavy (non-hydrogen) atoms. The van der Waals surface area contributed by atoms with Gasteiger partial charge in [0.05, 0.1) is 19.3 Å². The zero-order valence-corrected chi connectivity index (χ0v) is 5.64. The Balaban J connectivity index is 1.71. The maximum atomic E-state index is 5.30. The lowest BCUT2D eigenvalue weighted by atomic mass is 10.7. The quantitative estimate of drug-likeness (QED) is 0.516. The summed E-state index contributed by atoms with van der Waals surface area (Å²) in [6.45, 7) is 5.52. The summed E-state index contributed by atoms with van der Waals surface area (Å²) in [5, 5.41) is 0. The zero-order chi connectivity index (χ0) is 6.53. The minimum atomic E-state index is 0.550. The van der Waals surface area contributed by atoms with E-state index in [0.717, 1.165) is 6.61 Å². The molecule has 2 nitrogen and oxygen atoms in total. The first-order valence-electron chi connectivity index (χ1n) is 3.42. The van der Waals surface area contributed by atoms with E-state index in [9.17, 15) is 0 Å². The van der Waals surface area contributed by atoms with E-state index in [1.54, 1.807) is 0 Å². The Hall–Kier alpha value is -0.0800. The minimum absolute atomic E-state index is 0.550. The molecule has 0 saturated heterocycles. The molecule has 0 amide bonds. The van der Waals surface area contributed by atoms with Crippen molar-refractivity contribution in [3.63, 3.8) is 0 Å². The summed E-state index contributed by atoms with van der Waals surface area (Å²) in [5.41, 5.74) is 0. The molecule has 0 atom stereocenters. The van der Waals surface area contributed by atoms with Crippen LogP contribution in [0.4, 0.5) is 0 Å². The summed E-state index contributed by atoms with van der Waals surface area (Å²) < 4.78 is 10.3. The van der Waals surface area contributed by atoms with Crippen molar-refractivity contribution in [1.29, 1.82) is 0 Å². The van der Waals surface area contributed by atoms with Gasteiger partial charge >= 0.3 is 0 Å². The normalized spacial score (nSPS) is 18.3. The van der Waals surface area contributed by atoms with Crippen molar-refractivity contribution in [3.05, 3.63) is 6.92 Å². The average molecular weight is 129 g/mol. The Morgan fingerprint density at radius 1 is 1.33 bits per heavy atom. The van der Waals surface area contributed by atoms with E-state index in [0.29, 0.717) is 19.3 Å². The van der Waals surface area contributed by atoms with E-state index in [1.807, 2.05) is 0 Å². The molecule has 0 heterocycles. The molecular weight excluding hydrogens is 116 g/mol. The maximum Gasteiger partial charge on any atom is 0.0704 e. The summed E-state index contributed by atoms with van der Waals surface area (Å²) in [7, 11) is 0. The number of ether oxygens (including phenoxy) is 2. The van der Waals surface area contributed by atoms with E-state index in [1.165, 1.54) is 12.8 Å². The lowest BCUT2D eigenvalue weighted by molar-refractivity contribution is 0.0495. The van der Waals surface area contributed by atoms with Crippen LogP contribution < -0.4 is 0 Å². The smallest absolute Gasteiger partial charge is 0.0704 e. The van der Waals surface area contributed by atoms with Crippen molar-refractivity contribution >= 4 is 0 Å². The second-order valence-corrected chi connectivity index (χ2v) is 2.18. The van der Waals surface area contributed by atoms with Crippen LogP contribution in [0.25, 0.3) is 0 Å². The second-order valence-electron chi connectivity index (χ2n) is 2.18. The van der Waals surface area contributed by atoms with Gasteiger partial charge in [0.15, 0.2) is 0 Å². The molecule has 0 bridgehead atoms. The van der Waals surface area contributed by atoms with Crippen molar-refractivity contribution in [2.24, 2.45) is 0 Å². The largest absolute Gasteiger partial charge is 0.379 e. The summed E-state index contributed by atoms with van der Waals surface area (Å²) >= 11 is 0. The molecule has 0 aromatic heterocycles. The molecule has 0 aromatic rings. The molecule has 0 N–H and O–H groups in total. The van der Waals surface area contributed by atoms with Gasteiger partial charge in [-0.2, -0.15) is 0 Å². The van der Waals surface area contributed by atoms with Crippen molar-refractivity contribution in [1.82, 2.24) is 0 Å². The molecule has 0 unspecified atom stereocenters. The van der Waals surface area contributed by atoms with Gasteiger partial charge in [-0.3, -0.25) is 0 Å². The lowest BCUT2D eigenvalue weighted by Crippen LogP contribution is -2.04. The molecule has 53 valence electrons. The number of hydrogen-bond donors (Lipinski definition) is 0. The van der Waals surface area contributed by atoms with Gasteiger partial charge in [-0.25, -0.2) is 0 Å². The van der Waals surface area contributed by atoms with E-state index < -0.39 is 0 Å². The second kappa shape index (κ2) is 3.85. The van der Waals surface area contributed by atoms with Crippen LogP contribution in [0.5, 0.6) is 0 Å². The number of rotatable bonds is 5. The Bertz CT molecular complexity index is 69.3. The highest BCUT2D eigenvalue weighted by Crippen LogP contribution is 2.22. The molecule has 1 aliphatic rings. The van der Waals surface area contributed by atoms with E-state index in [2.05, 4.69) is 6.92 Å². The summed E-state index contributed by atoms with van der Waals surface area (Å²) in [6, 6.07) is 0. The maximum absolute atomic E-state index is 5.30. The molecule has 1 radical (unpaired) electrons. The first-order valence-corrected chi connectivity index (χ1v) is 3.42. The van der Waals surface area contributed by atoms with Crippen LogP contribution in [0, 0.1) is 6.92 Å². The fourth-order valence-corrected chi connectivity index (χ4v) is 0.610. The van der Waals surface area contributed by atoms with E-state index in [-0.39, 0.29) is 0 Å². The molecule has 0 aromatic carbocycles. The van der Waals surface area contributed by atoms with Crippen LogP contribution in [0.15, 0.2) is 0 Å². The van der Waals surface area contributed by atoms with Crippen LogP contribution in [-0.4, -0.2) is 25.9 Å². The van der Waals surface area contributed by atoms with Crippen LogP contribution in [0.2, 0.25) is 0 Å². The number of hydrogen-bond acceptors (Lipinski definition) is 2. The third-order valence-corrected chi connectivity index (χ3v) is 1.25. The topological polar surface area (TPSA) is 18.5 Å². The van der Waals surface area contributed by atoms with E-state index in [4.69, 9.17) is 9.47 Å². The van der Waals surface area contributed by atoms with Crippen molar-refractivity contribution < 1.29 is 9.47 Å². The van der Waals surface area contributed by atoms with Crippen molar-refractivity contribution in [3.8, 4) is 0 Å². The van der Waals surface area contributed by atoms with Gasteiger partial charge in [0.2, 0.25) is 0 Å². The fourth-order valence-electron chi connectivity index (χ4n) is 0.610. The standard InChI is InChI=1S/C7H13O2/c1-2-8-5-6-9-7-3-4-7/h7H,1-6H2. The molecular formula is C7H13O2. The molecule has 2 heteroatoms. The third-order valence-electron chi connectivity index (χ3n) is 1.25.